The van der Waals surface area contributed by atoms with Crippen molar-refractivity contribution in [1.29, 1.82) is 0 Å². The van der Waals surface area contributed by atoms with Gasteiger partial charge in [0.15, 0.2) is 11.5 Å². The van der Waals surface area contributed by atoms with Crippen molar-refractivity contribution >= 4 is 24.2 Å². The number of rotatable bonds is 11. The summed E-state index contributed by atoms with van der Waals surface area (Å²) >= 11 is 0. The first kappa shape index (κ1) is 28.7. The Hall–Kier alpha value is -3.34. The average molecular weight is 484 g/mol. The number of carbonyl (C=O) groups excluding carboxylic acids is 4. The molecule has 190 valence electrons. The number of ether oxygens (including phenoxy) is 6. The van der Waals surface area contributed by atoms with Crippen LogP contribution in [0.1, 0.15) is 47.1 Å². The second-order valence-corrected chi connectivity index (χ2v) is 7.60. The molecule has 0 radical (unpaired) electrons. The van der Waals surface area contributed by atoms with Crippen molar-refractivity contribution in [1.82, 2.24) is 0 Å². The van der Waals surface area contributed by atoms with Crippen molar-refractivity contribution in [2.24, 2.45) is 11.7 Å². The van der Waals surface area contributed by atoms with E-state index in [2.05, 4.69) is 0 Å². The molecule has 0 amide bonds. The lowest BCUT2D eigenvalue weighted by Gasteiger charge is -2.23. The average Bonchev–Trinajstić information content (AvgIpc) is 2.75. The van der Waals surface area contributed by atoms with Crippen molar-refractivity contribution in [2.75, 3.05) is 13.2 Å². The van der Waals surface area contributed by atoms with Gasteiger partial charge < -0.3 is 34.2 Å². The van der Waals surface area contributed by atoms with Crippen molar-refractivity contribution < 1.29 is 47.6 Å². The SMILES string of the molecule is CCOC(=O)Oc1ccc(C[C@H](N)C(=O)O[C@@H](C)[C@H](C)OC(=O)C(C)C)cc1OC(=O)OCC. The third-order valence-corrected chi connectivity index (χ3v) is 4.41. The highest BCUT2D eigenvalue weighted by Gasteiger charge is 2.25. The van der Waals surface area contributed by atoms with Gasteiger partial charge in [0.05, 0.1) is 19.1 Å². The van der Waals surface area contributed by atoms with Crippen LogP contribution in [-0.4, -0.2) is 55.7 Å². The maximum absolute atomic E-state index is 12.4. The quantitative estimate of drug-likeness (QED) is 0.281. The molecule has 2 N–H and O–H groups in total. The van der Waals surface area contributed by atoms with Gasteiger partial charge in [-0.2, -0.15) is 0 Å². The van der Waals surface area contributed by atoms with E-state index in [1.807, 2.05) is 0 Å². The summed E-state index contributed by atoms with van der Waals surface area (Å²) in [5, 5.41) is 0. The highest BCUT2D eigenvalue weighted by molar-refractivity contribution is 5.76. The minimum Gasteiger partial charge on any atom is -0.459 e. The molecular weight excluding hydrogens is 450 g/mol. The monoisotopic (exact) mass is 483 g/mol. The Balaban J connectivity index is 2.89. The lowest BCUT2D eigenvalue weighted by molar-refractivity contribution is -0.168. The van der Waals surface area contributed by atoms with E-state index in [1.54, 1.807) is 41.5 Å². The van der Waals surface area contributed by atoms with E-state index in [9.17, 15) is 19.2 Å². The largest absolute Gasteiger partial charge is 0.513 e. The summed E-state index contributed by atoms with van der Waals surface area (Å²) in [6.45, 7) is 9.98. The molecule has 11 heteroatoms. The van der Waals surface area contributed by atoms with E-state index in [0.29, 0.717) is 5.56 Å². The minimum absolute atomic E-state index is 0.0184. The van der Waals surface area contributed by atoms with Crippen molar-refractivity contribution in [3.05, 3.63) is 23.8 Å². The van der Waals surface area contributed by atoms with Crippen LogP contribution in [0.3, 0.4) is 0 Å². The molecule has 1 aromatic carbocycles. The Bertz CT molecular complexity index is 854. The smallest absolute Gasteiger partial charge is 0.459 e. The minimum atomic E-state index is -1.07. The zero-order valence-electron chi connectivity index (χ0n) is 20.3. The highest BCUT2D eigenvalue weighted by atomic mass is 16.7. The maximum Gasteiger partial charge on any atom is 0.513 e. The second-order valence-electron chi connectivity index (χ2n) is 7.60. The van der Waals surface area contributed by atoms with Gasteiger partial charge in [0.2, 0.25) is 0 Å². The lowest BCUT2D eigenvalue weighted by Crippen LogP contribution is -2.39. The number of hydrogen-bond donors (Lipinski definition) is 1. The molecule has 34 heavy (non-hydrogen) atoms. The molecule has 0 unspecified atom stereocenters. The Morgan fingerprint density at radius 2 is 1.29 bits per heavy atom. The first-order valence-electron chi connectivity index (χ1n) is 11.0. The molecule has 0 aliphatic carbocycles. The van der Waals surface area contributed by atoms with Gasteiger partial charge in [-0.1, -0.05) is 19.9 Å². The summed E-state index contributed by atoms with van der Waals surface area (Å²) in [6, 6.07) is 3.22. The van der Waals surface area contributed by atoms with Crippen molar-refractivity contribution in [3.63, 3.8) is 0 Å². The summed E-state index contributed by atoms with van der Waals surface area (Å²) in [5.41, 5.74) is 6.48. The maximum atomic E-state index is 12.4. The summed E-state index contributed by atoms with van der Waals surface area (Å²) in [6.07, 6.45) is -3.34. The summed E-state index contributed by atoms with van der Waals surface area (Å²) in [4.78, 5) is 47.6. The fourth-order valence-electron chi connectivity index (χ4n) is 2.44. The van der Waals surface area contributed by atoms with Crippen LogP contribution in [0.2, 0.25) is 0 Å². The summed E-state index contributed by atoms with van der Waals surface area (Å²) in [7, 11) is 0. The third kappa shape index (κ3) is 9.65. The first-order chi connectivity index (χ1) is 16.0. The second kappa shape index (κ2) is 14.0. The molecule has 1 rings (SSSR count). The molecule has 0 aromatic heterocycles. The van der Waals surface area contributed by atoms with E-state index in [0.717, 1.165) is 0 Å². The fourth-order valence-corrected chi connectivity index (χ4v) is 2.44. The van der Waals surface area contributed by atoms with Crippen LogP contribution in [-0.2, 0) is 35.0 Å². The van der Waals surface area contributed by atoms with Gasteiger partial charge in [0.25, 0.3) is 0 Å². The molecule has 0 saturated carbocycles. The molecule has 1 aromatic rings. The molecule has 0 aliphatic rings. The van der Waals surface area contributed by atoms with Crippen LogP contribution < -0.4 is 15.2 Å². The van der Waals surface area contributed by atoms with Gasteiger partial charge in [-0.05, 0) is 51.8 Å². The summed E-state index contributed by atoms with van der Waals surface area (Å²) in [5.74, 6) is -1.62. The molecule has 0 aliphatic heterocycles. The molecular formula is C23H33NO10. The van der Waals surface area contributed by atoms with Crippen LogP contribution in [0.25, 0.3) is 0 Å². The fraction of sp³-hybridized carbons (Fsp3) is 0.565. The molecule has 0 saturated heterocycles. The first-order valence-corrected chi connectivity index (χ1v) is 11.0. The van der Waals surface area contributed by atoms with E-state index in [1.165, 1.54) is 18.2 Å². The highest BCUT2D eigenvalue weighted by Crippen LogP contribution is 2.30. The van der Waals surface area contributed by atoms with Crippen LogP contribution in [0, 0.1) is 5.92 Å². The van der Waals surface area contributed by atoms with Crippen LogP contribution in [0.15, 0.2) is 18.2 Å². The Morgan fingerprint density at radius 1 is 0.794 bits per heavy atom. The Morgan fingerprint density at radius 3 is 1.79 bits per heavy atom. The van der Waals surface area contributed by atoms with Crippen molar-refractivity contribution in [2.45, 2.75) is 66.2 Å². The normalized spacial score (nSPS) is 13.3. The number of nitrogens with two attached hydrogens (primary N) is 1. The third-order valence-electron chi connectivity index (χ3n) is 4.41. The van der Waals surface area contributed by atoms with Gasteiger partial charge in [-0.3, -0.25) is 9.59 Å². The van der Waals surface area contributed by atoms with Gasteiger partial charge in [0.1, 0.15) is 18.2 Å². The van der Waals surface area contributed by atoms with Gasteiger partial charge in [-0.15, -0.1) is 0 Å². The zero-order valence-corrected chi connectivity index (χ0v) is 20.3. The number of benzene rings is 1. The molecule has 3 atom stereocenters. The molecule has 11 nitrogen and oxygen atoms in total. The van der Waals surface area contributed by atoms with E-state index >= 15 is 0 Å². The molecule has 0 fully saturated rings. The van der Waals surface area contributed by atoms with Crippen LogP contribution >= 0.6 is 0 Å². The standard InChI is InChI=1S/C23H33NO10/c1-7-29-22(27)33-18-10-9-16(12-19(18)34-23(28)30-8-2)11-17(24)21(26)32-15(6)14(5)31-20(25)13(3)4/h9-10,12-15,17H,7-8,11,24H2,1-6H3/t14-,15-,17-/m0/s1. The van der Waals surface area contributed by atoms with Gasteiger partial charge in [0, 0.05) is 0 Å². The van der Waals surface area contributed by atoms with E-state index < -0.39 is 42.5 Å². The topological polar surface area (TPSA) is 150 Å². The number of esters is 2. The van der Waals surface area contributed by atoms with E-state index in [-0.39, 0.29) is 37.1 Å². The van der Waals surface area contributed by atoms with E-state index in [4.69, 9.17) is 34.2 Å². The van der Waals surface area contributed by atoms with Gasteiger partial charge >= 0.3 is 24.2 Å². The molecule has 0 spiro atoms. The number of carbonyl (C=O) groups is 4. The van der Waals surface area contributed by atoms with Crippen LogP contribution in [0.4, 0.5) is 9.59 Å². The molecule has 0 heterocycles. The summed E-state index contributed by atoms with van der Waals surface area (Å²) < 4.78 is 30.2. The number of hydrogen-bond acceptors (Lipinski definition) is 11. The Kier molecular flexibility index (Phi) is 11.8. The van der Waals surface area contributed by atoms with Crippen LogP contribution in [0.5, 0.6) is 11.5 Å². The van der Waals surface area contributed by atoms with Gasteiger partial charge in [-0.25, -0.2) is 9.59 Å². The predicted molar refractivity (Wildman–Crippen MR) is 119 cm³/mol. The molecule has 0 bridgehead atoms. The predicted octanol–water partition coefficient (Wildman–Crippen LogP) is 3.15. The Labute approximate surface area is 198 Å². The van der Waals surface area contributed by atoms with Crippen molar-refractivity contribution in [3.8, 4) is 11.5 Å². The lowest BCUT2D eigenvalue weighted by atomic mass is 10.1. The zero-order chi connectivity index (χ0) is 25.8.